The first-order chi connectivity index (χ1) is 13.7. The lowest BCUT2D eigenvalue weighted by molar-refractivity contribution is -0.119. The molecule has 2 rings (SSSR count). The van der Waals surface area contributed by atoms with Crippen molar-refractivity contribution in [3.63, 3.8) is 0 Å². The van der Waals surface area contributed by atoms with E-state index in [1.165, 1.54) is 24.3 Å². The molecule has 0 unspecified atom stereocenters. The number of amides is 2. The van der Waals surface area contributed by atoms with E-state index >= 15 is 0 Å². The summed E-state index contributed by atoms with van der Waals surface area (Å²) in [6.07, 6.45) is 0. The number of methoxy groups -OCH3 is 1. The monoisotopic (exact) mass is 420 g/mol. The molecule has 0 aliphatic rings. The van der Waals surface area contributed by atoms with E-state index in [4.69, 9.17) is 9.88 Å². The fraction of sp³-hybridized carbons (Fsp3) is 0.263. The lowest BCUT2D eigenvalue weighted by Gasteiger charge is -2.19. The molecule has 29 heavy (non-hydrogen) atoms. The number of anilines is 2. The second-order valence-electron chi connectivity index (χ2n) is 6.20. The summed E-state index contributed by atoms with van der Waals surface area (Å²) in [6.45, 7) is 2.36. The number of hydrogen-bond acceptors (Lipinski definition) is 6. The van der Waals surface area contributed by atoms with Gasteiger partial charge >= 0.3 is 0 Å². The normalized spacial score (nSPS) is 11.2. The Bertz CT molecular complexity index is 961. The summed E-state index contributed by atoms with van der Waals surface area (Å²) in [4.78, 5) is 26.1. The number of likely N-dealkylation sites (N-methyl/N-ethyl adjacent to an activating group) is 1. The Morgan fingerprint density at radius 1 is 1.00 bits per heavy atom. The van der Waals surface area contributed by atoms with Crippen LogP contribution in [0.25, 0.3) is 0 Å². The Morgan fingerprint density at radius 3 is 2.10 bits per heavy atom. The van der Waals surface area contributed by atoms with Crippen LogP contribution in [0.4, 0.5) is 11.4 Å². The molecule has 9 nitrogen and oxygen atoms in total. The molecule has 2 aromatic rings. The summed E-state index contributed by atoms with van der Waals surface area (Å²) in [5.41, 5.74) is 1.03. The minimum absolute atomic E-state index is 0.00102. The number of nitrogens with zero attached hydrogens (tertiary/aromatic N) is 1. The first-order valence-corrected chi connectivity index (χ1v) is 10.3. The Labute approximate surface area is 169 Å². The Hall–Kier alpha value is -2.95. The second-order valence-corrected chi connectivity index (χ2v) is 7.76. The molecular weight excluding hydrogens is 396 g/mol. The van der Waals surface area contributed by atoms with E-state index in [-0.39, 0.29) is 29.8 Å². The minimum atomic E-state index is -3.79. The number of benzene rings is 2. The van der Waals surface area contributed by atoms with Crippen molar-refractivity contribution in [1.29, 1.82) is 0 Å². The van der Waals surface area contributed by atoms with E-state index in [0.29, 0.717) is 23.7 Å². The highest BCUT2D eigenvalue weighted by molar-refractivity contribution is 7.89. The molecule has 0 atom stereocenters. The minimum Gasteiger partial charge on any atom is -0.497 e. The standard InChI is InChI=1S/C19H24N4O5S/c1-3-23(13-19(25)22-15-5-4-6-16(11-15)28-2)12-18(24)21-14-7-9-17(10-8-14)29(20,26)27/h4-11H,3,12-13H2,1-2H3,(H,21,24)(H,22,25)(H2,20,26,27). The van der Waals surface area contributed by atoms with Crippen molar-refractivity contribution in [2.24, 2.45) is 5.14 Å². The van der Waals surface area contributed by atoms with Gasteiger partial charge in [0.2, 0.25) is 21.8 Å². The molecule has 0 aliphatic carbocycles. The van der Waals surface area contributed by atoms with Gasteiger partial charge in [0.05, 0.1) is 25.1 Å². The van der Waals surface area contributed by atoms with Crippen LogP contribution in [-0.2, 0) is 19.6 Å². The van der Waals surface area contributed by atoms with Crippen LogP contribution < -0.4 is 20.5 Å². The smallest absolute Gasteiger partial charge is 0.238 e. The van der Waals surface area contributed by atoms with E-state index < -0.39 is 10.0 Å². The molecule has 0 aliphatic heterocycles. The number of hydrogen-bond donors (Lipinski definition) is 3. The number of ether oxygens (including phenoxy) is 1. The average molecular weight is 420 g/mol. The van der Waals surface area contributed by atoms with Gasteiger partial charge in [0.15, 0.2) is 0 Å². The van der Waals surface area contributed by atoms with Crippen LogP contribution in [0.5, 0.6) is 5.75 Å². The molecule has 0 saturated carbocycles. The number of nitrogens with two attached hydrogens (primary N) is 1. The van der Waals surface area contributed by atoms with Crippen molar-refractivity contribution in [1.82, 2.24) is 4.90 Å². The van der Waals surface area contributed by atoms with Crippen molar-refractivity contribution < 1.29 is 22.7 Å². The van der Waals surface area contributed by atoms with Crippen molar-refractivity contribution in [3.05, 3.63) is 48.5 Å². The molecule has 0 fully saturated rings. The number of sulfonamides is 1. The molecule has 0 heterocycles. The average Bonchev–Trinajstić information content (AvgIpc) is 2.67. The molecule has 0 radical (unpaired) electrons. The summed E-state index contributed by atoms with van der Waals surface area (Å²) in [6, 6.07) is 12.5. The van der Waals surface area contributed by atoms with Crippen LogP contribution in [0.3, 0.4) is 0 Å². The van der Waals surface area contributed by atoms with Crippen LogP contribution >= 0.6 is 0 Å². The van der Waals surface area contributed by atoms with Gasteiger partial charge in [0, 0.05) is 17.4 Å². The van der Waals surface area contributed by atoms with Gasteiger partial charge in [-0.25, -0.2) is 13.6 Å². The lowest BCUT2D eigenvalue weighted by Crippen LogP contribution is -2.38. The third-order valence-electron chi connectivity index (χ3n) is 4.00. The maximum atomic E-state index is 12.3. The van der Waals surface area contributed by atoms with Gasteiger partial charge in [-0.1, -0.05) is 13.0 Å². The predicted molar refractivity (Wildman–Crippen MR) is 110 cm³/mol. The summed E-state index contributed by atoms with van der Waals surface area (Å²) in [7, 11) is -2.25. The quantitative estimate of drug-likeness (QED) is 0.559. The molecule has 0 aromatic heterocycles. The predicted octanol–water partition coefficient (Wildman–Crippen LogP) is 1.24. The SMILES string of the molecule is CCN(CC(=O)Nc1ccc(S(N)(=O)=O)cc1)CC(=O)Nc1cccc(OC)c1. The Morgan fingerprint density at radius 2 is 1.59 bits per heavy atom. The van der Waals surface area contributed by atoms with Crippen LogP contribution in [0.2, 0.25) is 0 Å². The van der Waals surface area contributed by atoms with Gasteiger partial charge in [-0.3, -0.25) is 14.5 Å². The molecule has 156 valence electrons. The molecule has 10 heteroatoms. The summed E-state index contributed by atoms with van der Waals surface area (Å²) < 4.78 is 27.6. The number of carbonyl (C=O) groups is 2. The first-order valence-electron chi connectivity index (χ1n) is 8.80. The zero-order valence-corrected chi connectivity index (χ0v) is 17.0. The number of rotatable bonds is 9. The summed E-state index contributed by atoms with van der Waals surface area (Å²) >= 11 is 0. The topological polar surface area (TPSA) is 131 Å². The third-order valence-corrected chi connectivity index (χ3v) is 4.93. The van der Waals surface area contributed by atoms with Crippen LogP contribution in [0.1, 0.15) is 6.92 Å². The molecule has 2 aromatic carbocycles. The highest BCUT2D eigenvalue weighted by Gasteiger charge is 2.14. The first kappa shape index (κ1) is 22.3. The zero-order valence-electron chi connectivity index (χ0n) is 16.2. The van der Waals surface area contributed by atoms with Crippen LogP contribution in [0.15, 0.2) is 53.4 Å². The Balaban J connectivity index is 1.89. The Kier molecular flexibility index (Phi) is 7.71. The number of primary sulfonamides is 1. The zero-order chi connectivity index (χ0) is 21.4. The summed E-state index contributed by atoms with van der Waals surface area (Å²) in [5.74, 6) is 0.0396. The highest BCUT2D eigenvalue weighted by atomic mass is 32.2. The van der Waals surface area contributed by atoms with Crippen molar-refractivity contribution in [3.8, 4) is 5.75 Å². The van der Waals surface area contributed by atoms with E-state index in [2.05, 4.69) is 10.6 Å². The molecule has 0 bridgehead atoms. The third kappa shape index (κ3) is 7.18. The van der Waals surface area contributed by atoms with Crippen molar-refractivity contribution >= 4 is 33.2 Å². The van der Waals surface area contributed by atoms with Gasteiger partial charge in [-0.05, 0) is 42.9 Å². The van der Waals surface area contributed by atoms with Gasteiger partial charge < -0.3 is 15.4 Å². The molecule has 0 spiro atoms. The molecular formula is C19H24N4O5S. The van der Waals surface area contributed by atoms with Gasteiger partial charge in [0.25, 0.3) is 0 Å². The van der Waals surface area contributed by atoms with Gasteiger partial charge in [-0.2, -0.15) is 0 Å². The van der Waals surface area contributed by atoms with E-state index in [1.54, 1.807) is 36.3 Å². The summed E-state index contributed by atoms with van der Waals surface area (Å²) in [5, 5.41) is 10.5. The van der Waals surface area contributed by atoms with Gasteiger partial charge in [0.1, 0.15) is 5.75 Å². The van der Waals surface area contributed by atoms with Crippen LogP contribution in [0, 0.1) is 0 Å². The molecule has 2 amide bonds. The van der Waals surface area contributed by atoms with Crippen molar-refractivity contribution in [2.45, 2.75) is 11.8 Å². The van der Waals surface area contributed by atoms with E-state index in [9.17, 15) is 18.0 Å². The second kappa shape index (κ2) is 10.0. The molecule has 0 saturated heterocycles. The highest BCUT2D eigenvalue weighted by Crippen LogP contribution is 2.16. The fourth-order valence-corrected chi connectivity index (χ4v) is 3.03. The number of nitrogens with one attached hydrogen (secondary N) is 2. The maximum absolute atomic E-state index is 12.3. The largest absolute Gasteiger partial charge is 0.497 e. The van der Waals surface area contributed by atoms with Crippen molar-refractivity contribution in [2.75, 3.05) is 37.4 Å². The lowest BCUT2D eigenvalue weighted by atomic mass is 10.3. The van der Waals surface area contributed by atoms with Gasteiger partial charge in [-0.15, -0.1) is 0 Å². The fourth-order valence-electron chi connectivity index (χ4n) is 2.52. The molecule has 4 N–H and O–H groups in total. The maximum Gasteiger partial charge on any atom is 0.238 e. The van der Waals surface area contributed by atoms with Crippen LogP contribution in [-0.4, -0.2) is 51.9 Å². The number of carbonyl (C=O) groups excluding carboxylic acids is 2. The van der Waals surface area contributed by atoms with E-state index in [1.807, 2.05) is 6.92 Å². The van der Waals surface area contributed by atoms with E-state index in [0.717, 1.165) is 0 Å².